The lowest BCUT2D eigenvalue weighted by atomic mass is 9.81. The molecule has 1 atom stereocenters. The number of carboxylic acid groups (broad SMARTS) is 1. The lowest BCUT2D eigenvalue weighted by Gasteiger charge is -2.29. The second-order valence-electron chi connectivity index (χ2n) is 7.99. The van der Waals surface area contributed by atoms with Gasteiger partial charge in [-0.3, -0.25) is 14.4 Å². The standard InChI is InChI=1S/C20H28N6O6S/c1-13(27)24-16-6-8-18(9-7-16)33(31,32)23-11-14-2-4-15(5-3-14)20(30)25-17(10-19(28)29)12-22-26-21/h6-9,14-15,17,23H,2-5,10-12H2,1H3,(H,24,27)(H,25,30)(H,28,29)/t14?,15?,17-/m0/s1. The van der Waals surface area contributed by atoms with Crippen LogP contribution in [0, 0.1) is 11.8 Å². The number of carbonyl (C=O) groups is 3. The number of nitrogens with zero attached hydrogens (tertiary/aromatic N) is 3. The van der Waals surface area contributed by atoms with Crippen molar-refractivity contribution in [2.75, 3.05) is 18.4 Å². The van der Waals surface area contributed by atoms with E-state index in [1.54, 1.807) is 0 Å². The number of nitrogens with one attached hydrogen (secondary N) is 3. The number of aliphatic carboxylic acids is 1. The summed E-state index contributed by atoms with van der Waals surface area (Å²) in [5.41, 5.74) is 8.92. The first-order chi connectivity index (χ1) is 15.6. The Morgan fingerprint density at radius 2 is 1.82 bits per heavy atom. The van der Waals surface area contributed by atoms with Gasteiger partial charge < -0.3 is 15.7 Å². The van der Waals surface area contributed by atoms with Crippen LogP contribution >= 0.6 is 0 Å². The van der Waals surface area contributed by atoms with Gasteiger partial charge in [-0.05, 0) is 61.4 Å². The third-order valence-electron chi connectivity index (χ3n) is 5.40. The largest absolute Gasteiger partial charge is 0.481 e. The van der Waals surface area contributed by atoms with Gasteiger partial charge in [0, 0.05) is 42.6 Å². The van der Waals surface area contributed by atoms with Gasteiger partial charge in [0.2, 0.25) is 21.8 Å². The van der Waals surface area contributed by atoms with Gasteiger partial charge in [0.1, 0.15) is 0 Å². The van der Waals surface area contributed by atoms with Gasteiger partial charge >= 0.3 is 5.97 Å². The van der Waals surface area contributed by atoms with Gasteiger partial charge in [0.15, 0.2) is 0 Å². The summed E-state index contributed by atoms with van der Waals surface area (Å²) >= 11 is 0. The Balaban J connectivity index is 1.83. The van der Waals surface area contributed by atoms with E-state index in [2.05, 4.69) is 25.4 Å². The summed E-state index contributed by atoms with van der Waals surface area (Å²) in [6, 6.07) is 5.09. The minimum Gasteiger partial charge on any atom is -0.481 e. The molecule has 1 aliphatic rings. The van der Waals surface area contributed by atoms with Crippen molar-refractivity contribution in [3.8, 4) is 0 Å². The maximum atomic E-state index is 12.5. The molecule has 1 fully saturated rings. The number of anilines is 1. The third-order valence-corrected chi connectivity index (χ3v) is 6.84. The molecule has 0 unspecified atom stereocenters. The molecule has 180 valence electrons. The summed E-state index contributed by atoms with van der Waals surface area (Å²) in [5, 5.41) is 17.5. The number of hydrogen-bond acceptors (Lipinski definition) is 6. The lowest BCUT2D eigenvalue weighted by molar-refractivity contribution is -0.137. The third kappa shape index (κ3) is 8.72. The maximum Gasteiger partial charge on any atom is 0.305 e. The van der Waals surface area contributed by atoms with Crippen LogP contribution in [0.25, 0.3) is 10.4 Å². The molecular weight excluding hydrogens is 452 g/mol. The molecular formula is C20H28N6O6S. The molecule has 4 N–H and O–H groups in total. The number of azide groups is 1. The summed E-state index contributed by atoms with van der Waals surface area (Å²) in [5.74, 6) is -1.87. The Bertz CT molecular complexity index is 994. The number of hydrogen-bond donors (Lipinski definition) is 4. The van der Waals surface area contributed by atoms with Crippen LogP contribution in [-0.2, 0) is 24.4 Å². The van der Waals surface area contributed by atoms with E-state index in [-0.39, 0.29) is 48.1 Å². The van der Waals surface area contributed by atoms with Crippen LogP contribution in [0.1, 0.15) is 39.0 Å². The van der Waals surface area contributed by atoms with E-state index in [4.69, 9.17) is 10.6 Å². The highest BCUT2D eigenvalue weighted by Crippen LogP contribution is 2.29. The fourth-order valence-corrected chi connectivity index (χ4v) is 4.80. The Morgan fingerprint density at radius 1 is 1.18 bits per heavy atom. The zero-order valence-electron chi connectivity index (χ0n) is 18.2. The highest BCUT2D eigenvalue weighted by atomic mass is 32.2. The monoisotopic (exact) mass is 480 g/mol. The van der Waals surface area contributed by atoms with Crippen LogP contribution in [0.3, 0.4) is 0 Å². The predicted molar refractivity (Wildman–Crippen MR) is 120 cm³/mol. The van der Waals surface area contributed by atoms with Crippen LogP contribution < -0.4 is 15.4 Å². The molecule has 1 saturated carbocycles. The van der Waals surface area contributed by atoms with E-state index in [0.717, 1.165) is 0 Å². The first kappa shape index (κ1) is 26.1. The van der Waals surface area contributed by atoms with Crippen LogP contribution in [0.15, 0.2) is 34.3 Å². The Kier molecular flexibility index (Phi) is 9.64. The molecule has 0 saturated heterocycles. The zero-order chi connectivity index (χ0) is 24.4. The van der Waals surface area contributed by atoms with E-state index in [1.807, 2.05) is 0 Å². The van der Waals surface area contributed by atoms with Gasteiger partial charge in [-0.2, -0.15) is 0 Å². The van der Waals surface area contributed by atoms with Crippen molar-refractivity contribution >= 4 is 33.5 Å². The van der Waals surface area contributed by atoms with Crippen molar-refractivity contribution in [1.82, 2.24) is 10.0 Å². The summed E-state index contributed by atoms with van der Waals surface area (Å²) in [4.78, 5) is 37.2. The van der Waals surface area contributed by atoms with Crippen molar-refractivity contribution in [3.05, 3.63) is 34.7 Å². The second kappa shape index (κ2) is 12.2. The first-order valence-electron chi connectivity index (χ1n) is 10.5. The number of carboxylic acids is 1. The van der Waals surface area contributed by atoms with E-state index in [9.17, 15) is 22.8 Å². The van der Waals surface area contributed by atoms with E-state index in [0.29, 0.717) is 31.4 Å². The molecule has 1 aromatic rings. The van der Waals surface area contributed by atoms with E-state index < -0.39 is 22.0 Å². The number of benzene rings is 1. The number of rotatable bonds is 11. The molecule has 33 heavy (non-hydrogen) atoms. The summed E-state index contributed by atoms with van der Waals surface area (Å²) in [7, 11) is -3.71. The molecule has 2 rings (SSSR count). The Hall–Kier alpha value is -3.15. The normalized spacial score (nSPS) is 19.1. The SMILES string of the molecule is CC(=O)Nc1ccc(S(=O)(=O)NCC2CCC(C(=O)N[C@H](CN=[N+]=[N-])CC(=O)O)CC2)cc1. The fourth-order valence-electron chi connectivity index (χ4n) is 3.69. The second-order valence-corrected chi connectivity index (χ2v) is 9.76. The maximum absolute atomic E-state index is 12.5. The minimum absolute atomic E-state index is 0.0699. The van der Waals surface area contributed by atoms with Gasteiger partial charge in [0.05, 0.1) is 11.3 Å². The van der Waals surface area contributed by atoms with Gasteiger partial charge in [-0.25, -0.2) is 13.1 Å². The summed E-state index contributed by atoms with van der Waals surface area (Å²) in [6.45, 7) is 1.46. The minimum atomic E-state index is -3.71. The van der Waals surface area contributed by atoms with Gasteiger partial charge in [0.25, 0.3) is 0 Å². The van der Waals surface area contributed by atoms with Crippen LogP contribution in [0.5, 0.6) is 0 Å². The lowest BCUT2D eigenvalue weighted by Crippen LogP contribution is -2.43. The topological polar surface area (TPSA) is 190 Å². The fraction of sp³-hybridized carbons (Fsp3) is 0.550. The molecule has 0 bridgehead atoms. The van der Waals surface area contributed by atoms with E-state index in [1.165, 1.54) is 31.2 Å². The number of amides is 2. The predicted octanol–water partition coefficient (Wildman–Crippen LogP) is 2.00. The molecule has 1 aliphatic carbocycles. The Morgan fingerprint density at radius 3 is 2.36 bits per heavy atom. The van der Waals surface area contributed by atoms with Crippen molar-refractivity contribution in [3.63, 3.8) is 0 Å². The zero-order valence-corrected chi connectivity index (χ0v) is 19.0. The van der Waals surface area contributed by atoms with Crippen LogP contribution in [0.2, 0.25) is 0 Å². The van der Waals surface area contributed by atoms with Crippen LogP contribution in [0.4, 0.5) is 5.69 Å². The molecule has 0 heterocycles. The van der Waals surface area contributed by atoms with Crippen LogP contribution in [-0.4, -0.2) is 50.4 Å². The van der Waals surface area contributed by atoms with Crippen molar-refractivity contribution in [1.29, 1.82) is 0 Å². The highest BCUT2D eigenvalue weighted by Gasteiger charge is 2.29. The smallest absolute Gasteiger partial charge is 0.305 e. The molecule has 0 aliphatic heterocycles. The highest BCUT2D eigenvalue weighted by molar-refractivity contribution is 7.89. The molecule has 1 aromatic carbocycles. The molecule has 0 spiro atoms. The van der Waals surface area contributed by atoms with E-state index >= 15 is 0 Å². The summed E-state index contributed by atoms with van der Waals surface area (Å²) < 4.78 is 27.7. The molecule has 2 amide bonds. The average molecular weight is 481 g/mol. The van der Waals surface area contributed by atoms with Gasteiger partial charge in [-0.1, -0.05) is 5.11 Å². The van der Waals surface area contributed by atoms with Crippen molar-refractivity contribution in [2.45, 2.75) is 50.0 Å². The molecule has 0 aromatic heterocycles. The molecule has 13 heteroatoms. The van der Waals surface area contributed by atoms with Crippen molar-refractivity contribution < 1.29 is 27.9 Å². The molecule has 12 nitrogen and oxygen atoms in total. The number of carbonyl (C=O) groups excluding carboxylic acids is 2. The van der Waals surface area contributed by atoms with Crippen molar-refractivity contribution in [2.24, 2.45) is 17.0 Å². The van der Waals surface area contributed by atoms with Gasteiger partial charge in [-0.15, -0.1) is 0 Å². The summed E-state index contributed by atoms with van der Waals surface area (Å²) in [6.07, 6.45) is 2.04. The average Bonchev–Trinajstić information content (AvgIpc) is 2.76. The first-order valence-corrected chi connectivity index (χ1v) is 12.0. The number of sulfonamides is 1. The molecule has 0 radical (unpaired) electrons. The quantitative estimate of drug-likeness (QED) is 0.213. The Labute approximate surface area is 191 Å².